The van der Waals surface area contributed by atoms with Crippen molar-refractivity contribution in [2.45, 2.75) is 20.3 Å². The Labute approximate surface area is 144 Å². The number of aryl methyl sites for hydroxylation is 1. The molecule has 3 rings (SSSR count). The van der Waals surface area contributed by atoms with Crippen LogP contribution in [0.15, 0.2) is 79.4 Å². The Morgan fingerprint density at radius 2 is 1.46 bits per heavy atom. The first-order valence-corrected chi connectivity index (χ1v) is 8.29. The van der Waals surface area contributed by atoms with Crippen molar-refractivity contribution in [1.82, 2.24) is 0 Å². The minimum Gasteiger partial charge on any atom is -0.355 e. The van der Waals surface area contributed by atoms with Gasteiger partial charge in [0.05, 0.1) is 0 Å². The van der Waals surface area contributed by atoms with Crippen LogP contribution in [0, 0.1) is 13.8 Å². The second-order valence-corrected chi connectivity index (χ2v) is 6.18. The summed E-state index contributed by atoms with van der Waals surface area (Å²) in [6.07, 6.45) is 0.854. The quantitative estimate of drug-likeness (QED) is 0.582. The first kappa shape index (κ1) is 16.1. The van der Waals surface area contributed by atoms with Gasteiger partial charge in [0, 0.05) is 16.9 Å². The van der Waals surface area contributed by atoms with E-state index in [1.807, 2.05) is 6.07 Å². The smallest absolute Gasteiger partial charge is 0.0460 e. The standard InChI is InChI=1S/C23H23N/c1-17-10-9-15-22(19(17)3)24-23-14-8-7-13-21(23)18(2)16-20-11-5-4-6-12-20/h4-15,24H,2,16H2,1,3H3. The lowest BCUT2D eigenvalue weighted by Gasteiger charge is -2.16. The van der Waals surface area contributed by atoms with Crippen molar-refractivity contribution in [2.75, 3.05) is 5.32 Å². The first-order valence-electron chi connectivity index (χ1n) is 8.29. The summed E-state index contributed by atoms with van der Waals surface area (Å²) in [4.78, 5) is 0. The molecule has 0 aliphatic heterocycles. The number of nitrogens with one attached hydrogen (secondary N) is 1. The fourth-order valence-electron chi connectivity index (χ4n) is 2.87. The summed E-state index contributed by atoms with van der Waals surface area (Å²) < 4.78 is 0. The van der Waals surface area contributed by atoms with Crippen molar-refractivity contribution in [3.63, 3.8) is 0 Å². The Morgan fingerprint density at radius 1 is 0.792 bits per heavy atom. The predicted octanol–water partition coefficient (Wildman–Crippen LogP) is 6.30. The van der Waals surface area contributed by atoms with Gasteiger partial charge in [-0.05, 0) is 54.7 Å². The van der Waals surface area contributed by atoms with Gasteiger partial charge in [-0.25, -0.2) is 0 Å². The second-order valence-electron chi connectivity index (χ2n) is 6.18. The Hall–Kier alpha value is -2.80. The fourth-order valence-corrected chi connectivity index (χ4v) is 2.87. The van der Waals surface area contributed by atoms with Crippen LogP contribution in [0.3, 0.4) is 0 Å². The lowest BCUT2D eigenvalue weighted by atomic mass is 9.98. The zero-order valence-corrected chi connectivity index (χ0v) is 14.3. The van der Waals surface area contributed by atoms with E-state index in [-0.39, 0.29) is 0 Å². The van der Waals surface area contributed by atoms with Gasteiger partial charge >= 0.3 is 0 Å². The zero-order chi connectivity index (χ0) is 16.9. The van der Waals surface area contributed by atoms with Crippen molar-refractivity contribution in [2.24, 2.45) is 0 Å². The molecule has 0 aliphatic rings. The van der Waals surface area contributed by atoms with Gasteiger partial charge in [-0.2, -0.15) is 0 Å². The molecule has 3 aromatic rings. The maximum absolute atomic E-state index is 4.32. The highest BCUT2D eigenvalue weighted by molar-refractivity contribution is 5.79. The number of benzene rings is 3. The summed E-state index contributed by atoms with van der Waals surface area (Å²) in [5, 5.41) is 3.59. The van der Waals surface area contributed by atoms with Crippen LogP contribution < -0.4 is 5.32 Å². The summed E-state index contributed by atoms with van der Waals surface area (Å²) in [7, 11) is 0. The molecule has 0 aliphatic carbocycles. The second kappa shape index (κ2) is 7.18. The van der Waals surface area contributed by atoms with Gasteiger partial charge in [0.15, 0.2) is 0 Å². The van der Waals surface area contributed by atoms with Gasteiger partial charge < -0.3 is 5.32 Å². The molecule has 0 aromatic heterocycles. The zero-order valence-electron chi connectivity index (χ0n) is 14.3. The SMILES string of the molecule is C=C(Cc1ccccc1)c1ccccc1Nc1cccc(C)c1C. The molecule has 0 heterocycles. The molecule has 0 saturated carbocycles. The number of hydrogen-bond acceptors (Lipinski definition) is 1. The third-order valence-electron chi connectivity index (χ3n) is 4.44. The van der Waals surface area contributed by atoms with E-state index in [9.17, 15) is 0 Å². The van der Waals surface area contributed by atoms with E-state index in [0.29, 0.717) is 0 Å². The normalized spacial score (nSPS) is 10.4. The molecular formula is C23H23N. The molecule has 1 N–H and O–H groups in total. The van der Waals surface area contributed by atoms with Crippen molar-refractivity contribution in [1.29, 1.82) is 0 Å². The lowest BCUT2D eigenvalue weighted by molar-refractivity contribution is 1.28. The summed E-state index contributed by atoms with van der Waals surface area (Å²) >= 11 is 0. The molecule has 120 valence electrons. The highest BCUT2D eigenvalue weighted by Crippen LogP contribution is 2.30. The van der Waals surface area contributed by atoms with E-state index in [4.69, 9.17) is 0 Å². The van der Waals surface area contributed by atoms with Crippen LogP contribution in [0.2, 0.25) is 0 Å². The van der Waals surface area contributed by atoms with Gasteiger partial charge in [-0.1, -0.05) is 67.2 Å². The maximum atomic E-state index is 4.32. The molecule has 0 spiro atoms. The molecular weight excluding hydrogens is 290 g/mol. The number of para-hydroxylation sites is 1. The van der Waals surface area contributed by atoms with E-state index in [2.05, 4.69) is 92.5 Å². The Kier molecular flexibility index (Phi) is 4.81. The van der Waals surface area contributed by atoms with E-state index < -0.39 is 0 Å². The molecule has 0 radical (unpaired) electrons. The van der Waals surface area contributed by atoms with E-state index in [1.54, 1.807) is 0 Å². The van der Waals surface area contributed by atoms with E-state index >= 15 is 0 Å². The Bertz CT molecular complexity index is 847. The topological polar surface area (TPSA) is 12.0 Å². The van der Waals surface area contributed by atoms with Crippen LogP contribution in [-0.4, -0.2) is 0 Å². The van der Waals surface area contributed by atoms with Crippen LogP contribution in [0.5, 0.6) is 0 Å². The third kappa shape index (κ3) is 3.57. The van der Waals surface area contributed by atoms with Gasteiger partial charge in [-0.3, -0.25) is 0 Å². The molecule has 0 bridgehead atoms. The number of rotatable bonds is 5. The molecule has 0 fully saturated rings. The number of hydrogen-bond donors (Lipinski definition) is 1. The first-order chi connectivity index (χ1) is 11.6. The third-order valence-corrected chi connectivity index (χ3v) is 4.44. The van der Waals surface area contributed by atoms with Crippen molar-refractivity contribution >= 4 is 16.9 Å². The summed E-state index contributed by atoms with van der Waals surface area (Å²) in [5.74, 6) is 0. The monoisotopic (exact) mass is 313 g/mol. The summed E-state index contributed by atoms with van der Waals surface area (Å²) in [6.45, 7) is 8.61. The largest absolute Gasteiger partial charge is 0.355 e. The van der Waals surface area contributed by atoms with E-state index in [1.165, 1.54) is 22.3 Å². The van der Waals surface area contributed by atoms with E-state index in [0.717, 1.165) is 23.4 Å². The fraction of sp³-hybridized carbons (Fsp3) is 0.130. The molecule has 1 heteroatoms. The molecule has 24 heavy (non-hydrogen) atoms. The molecule has 0 saturated heterocycles. The summed E-state index contributed by atoms with van der Waals surface area (Å²) in [6, 6.07) is 25.2. The van der Waals surface area contributed by atoms with Gasteiger partial charge in [0.2, 0.25) is 0 Å². The average Bonchev–Trinajstić information content (AvgIpc) is 2.60. The minimum atomic E-state index is 0.854. The number of anilines is 2. The molecule has 0 amide bonds. The molecule has 0 atom stereocenters. The Balaban J connectivity index is 1.88. The summed E-state index contributed by atoms with van der Waals surface area (Å²) in [5.41, 5.74) is 8.39. The van der Waals surface area contributed by atoms with Crippen LogP contribution in [-0.2, 0) is 6.42 Å². The molecule has 1 nitrogen and oxygen atoms in total. The van der Waals surface area contributed by atoms with Gasteiger partial charge in [0.1, 0.15) is 0 Å². The molecule has 3 aromatic carbocycles. The van der Waals surface area contributed by atoms with Gasteiger partial charge in [0.25, 0.3) is 0 Å². The van der Waals surface area contributed by atoms with Crippen molar-refractivity contribution in [3.8, 4) is 0 Å². The van der Waals surface area contributed by atoms with Gasteiger partial charge in [-0.15, -0.1) is 0 Å². The maximum Gasteiger partial charge on any atom is 0.0460 e. The van der Waals surface area contributed by atoms with Crippen LogP contribution >= 0.6 is 0 Å². The van der Waals surface area contributed by atoms with Crippen LogP contribution in [0.4, 0.5) is 11.4 Å². The average molecular weight is 313 g/mol. The predicted molar refractivity (Wildman–Crippen MR) is 105 cm³/mol. The number of allylic oxidation sites excluding steroid dienone is 1. The highest BCUT2D eigenvalue weighted by Gasteiger charge is 2.08. The minimum absolute atomic E-state index is 0.854. The van der Waals surface area contributed by atoms with Crippen LogP contribution in [0.25, 0.3) is 5.57 Å². The lowest BCUT2D eigenvalue weighted by Crippen LogP contribution is -1.99. The highest BCUT2D eigenvalue weighted by atomic mass is 14.9. The van der Waals surface area contributed by atoms with Crippen LogP contribution in [0.1, 0.15) is 22.3 Å². The van der Waals surface area contributed by atoms with Crippen molar-refractivity contribution in [3.05, 3.63) is 102 Å². The Morgan fingerprint density at radius 3 is 2.25 bits per heavy atom. The van der Waals surface area contributed by atoms with Crippen molar-refractivity contribution < 1.29 is 0 Å². The molecule has 0 unspecified atom stereocenters.